The van der Waals surface area contributed by atoms with Gasteiger partial charge in [-0.15, -0.1) is 0 Å². The first kappa shape index (κ1) is 13.1. The standard InChI is InChI=1S/C17H14BrNO/c1-12-7-8-16(13(10-12)11-18)20-17-6-2-5-15-14(17)4-3-9-19-15/h2-10H,11H2,1H3. The summed E-state index contributed by atoms with van der Waals surface area (Å²) in [6, 6.07) is 16.1. The summed E-state index contributed by atoms with van der Waals surface area (Å²) < 4.78 is 6.10. The number of hydrogen-bond donors (Lipinski definition) is 0. The second kappa shape index (κ2) is 5.63. The van der Waals surface area contributed by atoms with Crippen molar-refractivity contribution in [2.45, 2.75) is 12.3 Å². The van der Waals surface area contributed by atoms with Crippen molar-refractivity contribution in [3.05, 3.63) is 65.9 Å². The largest absolute Gasteiger partial charge is 0.456 e. The van der Waals surface area contributed by atoms with Crippen molar-refractivity contribution in [3.63, 3.8) is 0 Å². The molecule has 0 N–H and O–H groups in total. The highest BCUT2D eigenvalue weighted by Gasteiger charge is 2.07. The van der Waals surface area contributed by atoms with Gasteiger partial charge in [0.1, 0.15) is 11.5 Å². The molecule has 0 atom stereocenters. The van der Waals surface area contributed by atoms with E-state index in [0.29, 0.717) is 0 Å². The van der Waals surface area contributed by atoms with Crippen molar-refractivity contribution in [1.29, 1.82) is 0 Å². The molecule has 2 aromatic carbocycles. The van der Waals surface area contributed by atoms with Crippen LogP contribution in [0.5, 0.6) is 11.5 Å². The first-order chi connectivity index (χ1) is 9.78. The van der Waals surface area contributed by atoms with Gasteiger partial charge in [-0.3, -0.25) is 4.98 Å². The molecule has 0 aliphatic carbocycles. The zero-order valence-electron chi connectivity index (χ0n) is 11.1. The Morgan fingerprint density at radius 2 is 1.95 bits per heavy atom. The molecule has 100 valence electrons. The lowest BCUT2D eigenvalue weighted by Gasteiger charge is -2.12. The highest BCUT2D eigenvalue weighted by atomic mass is 79.9. The normalized spacial score (nSPS) is 10.7. The number of ether oxygens (including phenoxy) is 1. The summed E-state index contributed by atoms with van der Waals surface area (Å²) in [6.07, 6.45) is 1.79. The molecule has 0 aliphatic rings. The van der Waals surface area contributed by atoms with Crippen LogP contribution >= 0.6 is 15.9 Å². The lowest BCUT2D eigenvalue weighted by atomic mass is 10.1. The minimum atomic E-state index is 0.771. The highest BCUT2D eigenvalue weighted by molar-refractivity contribution is 9.08. The molecule has 0 radical (unpaired) electrons. The molecule has 0 unspecified atom stereocenters. The fourth-order valence-electron chi connectivity index (χ4n) is 2.19. The maximum Gasteiger partial charge on any atom is 0.136 e. The molecule has 0 aliphatic heterocycles. The van der Waals surface area contributed by atoms with Crippen LogP contribution in [-0.2, 0) is 5.33 Å². The Bertz CT molecular complexity index is 750. The fourth-order valence-corrected chi connectivity index (χ4v) is 2.63. The molecule has 0 bridgehead atoms. The number of pyridine rings is 1. The molecular weight excluding hydrogens is 314 g/mol. The first-order valence-corrected chi connectivity index (χ1v) is 7.57. The van der Waals surface area contributed by atoms with Crippen LogP contribution in [0.25, 0.3) is 10.9 Å². The van der Waals surface area contributed by atoms with Crippen LogP contribution in [0.15, 0.2) is 54.7 Å². The maximum atomic E-state index is 6.10. The highest BCUT2D eigenvalue weighted by Crippen LogP contribution is 2.32. The van der Waals surface area contributed by atoms with Crippen molar-refractivity contribution in [2.24, 2.45) is 0 Å². The number of alkyl halides is 1. The van der Waals surface area contributed by atoms with Crippen LogP contribution < -0.4 is 4.74 Å². The van der Waals surface area contributed by atoms with Gasteiger partial charge in [-0.1, -0.05) is 39.7 Å². The van der Waals surface area contributed by atoms with Gasteiger partial charge in [0.05, 0.1) is 5.52 Å². The number of rotatable bonds is 3. The average Bonchev–Trinajstić information content (AvgIpc) is 2.49. The minimum Gasteiger partial charge on any atom is -0.456 e. The molecule has 0 amide bonds. The molecule has 0 fully saturated rings. The summed E-state index contributed by atoms with van der Waals surface area (Å²) in [5.74, 6) is 1.71. The molecule has 20 heavy (non-hydrogen) atoms. The third-order valence-corrected chi connectivity index (χ3v) is 3.79. The number of nitrogens with zero attached hydrogens (tertiary/aromatic N) is 1. The summed E-state index contributed by atoms with van der Waals surface area (Å²) in [6.45, 7) is 2.08. The number of fused-ring (bicyclic) bond motifs is 1. The Morgan fingerprint density at radius 1 is 1.05 bits per heavy atom. The maximum absolute atomic E-state index is 6.10. The van der Waals surface area contributed by atoms with E-state index >= 15 is 0 Å². The average molecular weight is 328 g/mol. The zero-order valence-corrected chi connectivity index (χ0v) is 12.7. The number of aromatic nitrogens is 1. The van der Waals surface area contributed by atoms with Gasteiger partial charge in [-0.05, 0) is 37.3 Å². The summed E-state index contributed by atoms with van der Waals surface area (Å²) >= 11 is 3.51. The Kier molecular flexibility index (Phi) is 3.70. The Balaban J connectivity index is 2.05. The van der Waals surface area contributed by atoms with E-state index in [-0.39, 0.29) is 0 Å². The molecule has 3 rings (SSSR count). The van der Waals surface area contributed by atoms with Crippen LogP contribution in [0.1, 0.15) is 11.1 Å². The van der Waals surface area contributed by atoms with Gasteiger partial charge in [0, 0.05) is 22.5 Å². The van der Waals surface area contributed by atoms with Crippen LogP contribution in [-0.4, -0.2) is 4.98 Å². The van der Waals surface area contributed by atoms with E-state index in [1.54, 1.807) is 6.20 Å². The monoisotopic (exact) mass is 327 g/mol. The number of aryl methyl sites for hydroxylation is 1. The molecule has 2 nitrogen and oxygen atoms in total. The summed E-state index contributed by atoms with van der Waals surface area (Å²) in [4.78, 5) is 4.35. The van der Waals surface area contributed by atoms with Gasteiger partial charge in [-0.25, -0.2) is 0 Å². The topological polar surface area (TPSA) is 22.1 Å². The smallest absolute Gasteiger partial charge is 0.136 e. The molecule has 1 aromatic heterocycles. The molecule has 3 aromatic rings. The summed E-state index contributed by atoms with van der Waals surface area (Å²) in [5.41, 5.74) is 3.31. The first-order valence-electron chi connectivity index (χ1n) is 6.45. The predicted molar refractivity (Wildman–Crippen MR) is 85.6 cm³/mol. The molecule has 0 spiro atoms. The van der Waals surface area contributed by atoms with Crippen molar-refractivity contribution >= 4 is 26.8 Å². The Hall–Kier alpha value is -1.87. The SMILES string of the molecule is Cc1ccc(Oc2cccc3ncccc23)c(CBr)c1. The minimum absolute atomic E-state index is 0.771. The fraction of sp³-hybridized carbons (Fsp3) is 0.118. The number of benzene rings is 2. The van der Waals surface area contributed by atoms with E-state index in [1.165, 1.54) is 5.56 Å². The van der Waals surface area contributed by atoms with Crippen molar-refractivity contribution < 1.29 is 4.74 Å². The van der Waals surface area contributed by atoms with Gasteiger partial charge in [0.25, 0.3) is 0 Å². The van der Waals surface area contributed by atoms with Gasteiger partial charge < -0.3 is 4.74 Å². The van der Waals surface area contributed by atoms with E-state index < -0.39 is 0 Å². The number of hydrogen-bond acceptors (Lipinski definition) is 2. The lowest BCUT2D eigenvalue weighted by molar-refractivity contribution is 0.484. The lowest BCUT2D eigenvalue weighted by Crippen LogP contribution is -1.91. The van der Waals surface area contributed by atoms with Gasteiger partial charge in [0.15, 0.2) is 0 Å². The Labute approximate surface area is 126 Å². The van der Waals surface area contributed by atoms with Crippen molar-refractivity contribution in [1.82, 2.24) is 4.98 Å². The van der Waals surface area contributed by atoms with E-state index in [0.717, 1.165) is 33.3 Å². The molecule has 0 saturated heterocycles. The third-order valence-electron chi connectivity index (χ3n) is 3.19. The van der Waals surface area contributed by atoms with Gasteiger partial charge >= 0.3 is 0 Å². The van der Waals surface area contributed by atoms with Crippen molar-refractivity contribution in [3.8, 4) is 11.5 Å². The van der Waals surface area contributed by atoms with E-state index in [1.807, 2.05) is 36.4 Å². The van der Waals surface area contributed by atoms with Crippen LogP contribution in [0.3, 0.4) is 0 Å². The zero-order chi connectivity index (χ0) is 13.9. The second-order valence-corrected chi connectivity index (χ2v) is 5.23. The van der Waals surface area contributed by atoms with Gasteiger partial charge in [-0.2, -0.15) is 0 Å². The second-order valence-electron chi connectivity index (χ2n) is 4.67. The van der Waals surface area contributed by atoms with E-state index in [9.17, 15) is 0 Å². The van der Waals surface area contributed by atoms with Gasteiger partial charge in [0.2, 0.25) is 0 Å². The predicted octanol–water partition coefficient (Wildman–Crippen LogP) is 5.23. The molecule has 3 heteroatoms. The van der Waals surface area contributed by atoms with Crippen LogP contribution in [0.2, 0.25) is 0 Å². The summed E-state index contributed by atoms with van der Waals surface area (Å²) in [7, 11) is 0. The van der Waals surface area contributed by atoms with Crippen LogP contribution in [0.4, 0.5) is 0 Å². The van der Waals surface area contributed by atoms with E-state index in [2.05, 4.69) is 40.0 Å². The Morgan fingerprint density at radius 3 is 2.80 bits per heavy atom. The van der Waals surface area contributed by atoms with Crippen molar-refractivity contribution in [2.75, 3.05) is 0 Å². The molecule has 1 heterocycles. The van der Waals surface area contributed by atoms with Crippen LogP contribution in [0, 0.1) is 6.92 Å². The molecule has 0 saturated carbocycles. The number of halogens is 1. The third kappa shape index (κ3) is 2.54. The van der Waals surface area contributed by atoms with E-state index in [4.69, 9.17) is 4.74 Å². The molecular formula is C17H14BrNO. The summed E-state index contributed by atoms with van der Waals surface area (Å²) in [5, 5.41) is 1.80. The quantitative estimate of drug-likeness (QED) is 0.614.